The van der Waals surface area contributed by atoms with Crippen LogP contribution >= 0.6 is 0 Å². The molecule has 0 aromatic heterocycles. The maximum atomic E-state index is 5.88. The number of benzene rings is 1. The van der Waals surface area contributed by atoms with E-state index >= 15 is 0 Å². The average Bonchev–Trinajstić information content (AvgIpc) is 2.53. The summed E-state index contributed by atoms with van der Waals surface area (Å²) in [6.07, 6.45) is 2.19. The Morgan fingerprint density at radius 1 is 1.44 bits per heavy atom. The lowest BCUT2D eigenvalue weighted by molar-refractivity contribution is 0.277. The zero-order valence-electron chi connectivity index (χ0n) is 11.5. The predicted octanol–water partition coefficient (Wildman–Crippen LogP) is 3.30. The van der Waals surface area contributed by atoms with E-state index in [1.165, 1.54) is 5.56 Å². The van der Waals surface area contributed by atoms with E-state index in [1.54, 1.807) is 0 Å². The zero-order valence-corrected chi connectivity index (χ0v) is 11.5. The van der Waals surface area contributed by atoms with E-state index in [-0.39, 0.29) is 0 Å². The number of nitrogens with one attached hydrogen (secondary N) is 1. The van der Waals surface area contributed by atoms with Crippen molar-refractivity contribution in [1.29, 1.82) is 0 Å². The molecule has 0 radical (unpaired) electrons. The van der Waals surface area contributed by atoms with Gasteiger partial charge in [0.2, 0.25) is 0 Å². The molecule has 0 spiro atoms. The molecule has 1 aliphatic heterocycles. The summed E-state index contributed by atoms with van der Waals surface area (Å²) in [4.78, 5) is 0. The summed E-state index contributed by atoms with van der Waals surface area (Å²) in [7, 11) is 0. The van der Waals surface area contributed by atoms with E-state index in [1.807, 2.05) is 19.1 Å². The highest BCUT2D eigenvalue weighted by molar-refractivity contribution is 5.48. The van der Waals surface area contributed by atoms with Gasteiger partial charge in [0.25, 0.3) is 0 Å². The smallest absolute Gasteiger partial charge is 0.165 e. The molecule has 0 saturated heterocycles. The molecule has 3 nitrogen and oxygen atoms in total. The average molecular weight is 249 g/mol. The van der Waals surface area contributed by atoms with Crippen LogP contribution in [0, 0.1) is 0 Å². The molecule has 2 rings (SSSR count). The molecule has 0 aliphatic carbocycles. The van der Waals surface area contributed by atoms with Gasteiger partial charge in [0.1, 0.15) is 0 Å². The molecule has 1 N–H and O–H groups in total. The number of para-hydroxylation sites is 1. The molecule has 1 aromatic carbocycles. The van der Waals surface area contributed by atoms with Crippen molar-refractivity contribution in [3.05, 3.63) is 23.8 Å². The molecule has 1 heterocycles. The van der Waals surface area contributed by atoms with Gasteiger partial charge in [0, 0.05) is 17.6 Å². The molecule has 1 atom stereocenters. The minimum atomic E-state index is 0.364. The molecule has 0 fully saturated rings. The molecule has 1 aliphatic rings. The van der Waals surface area contributed by atoms with Crippen LogP contribution in [0.4, 0.5) is 0 Å². The van der Waals surface area contributed by atoms with Crippen LogP contribution in [0.15, 0.2) is 18.2 Å². The molecular formula is C15H23NO2. The highest BCUT2D eigenvalue weighted by Gasteiger charge is 2.22. The molecular weight excluding hydrogens is 226 g/mol. The largest absolute Gasteiger partial charge is 0.490 e. The highest BCUT2D eigenvalue weighted by Crippen LogP contribution is 2.38. The van der Waals surface area contributed by atoms with Crippen LogP contribution in [0.5, 0.6) is 11.5 Å². The molecule has 0 bridgehead atoms. The first-order valence-corrected chi connectivity index (χ1v) is 6.87. The second-order valence-corrected chi connectivity index (χ2v) is 4.97. The van der Waals surface area contributed by atoms with Crippen LogP contribution in [0.3, 0.4) is 0 Å². The van der Waals surface area contributed by atoms with E-state index in [4.69, 9.17) is 9.47 Å². The summed E-state index contributed by atoms with van der Waals surface area (Å²) in [6, 6.07) is 7.01. The molecule has 0 amide bonds. The van der Waals surface area contributed by atoms with E-state index < -0.39 is 0 Å². The van der Waals surface area contributed by atoms with E-state index in [0.717, 1.165) is 30.9 Å². The Hall–Kier alpha value is -1.22. The molecule has 3 heteroatoms. The summed E-state index contributed by atoms with van der Waals surface area (Å²) in [5.74, 6) is 1.79. The highest BCUT2D eigenvalue weighted by atomic mass is 16.5. The van der Waals surface area contributed by atoms with Crippen molar-refractivity contribution in [1.82, 2.24) is 5.32 Å². The van der Waals surface area contributed by atoms with Crippen LogP contribution in [0.2, 0.25) is 0 Å². The van der Waals surface area contributed by atoms with Crippen LogP contribution < -0.4 is 14.8 Å². The number of fused-ring (bicyclic) bond motifs is 1. The van der Waals surface area contributed by atoms with Crippen molar-refractivity contribution in [2.75, 3.05) is 13.2 Å². The Bertz CT molecular complexity index is 390. The topological polar surface area (TPSA) is 30.5 Å². The molecule has 1 unspecified atom stereocenters. The first-order chi connectivity index (χ1) is 8.72. The van der Waals surface area contributed by atoms with Gasteiger partial charge >= 0.3 is 0 Å². The summed E-state index contributed by atoms with van der Waals surface area (Å²) in [5.41, 5.74) is 1.23. The Morgan fingerprint density at radius 2 is 2.28 bits per heavy atom. The minimum absolute atomic E-state index is 0.364. The standard InChI is InChI=1S/C15H23NO2/c1-4-17-14-9-5-7-12-13(16-11(2)3)8-6-10-18-15(12)14/h5,7,9,11,13,16H,4,6,8,10H2,1-3H3. The first-order valence-electron chi connectivity index (χ1n) is 6.87. The van der Waals surface area contributed by atoms with Gasteiger partial charge in [-0.1, -0.05) is 26.0 Å². The van der Waals surface area contributed by atoms with Crippen LogP contribution in [-0.4, -0.2) is 19.3 Å². The Balaban J connectivity index is 2.32. The second-order valence-electron chi connectivity index (χ2n) is 4.97. The third-order valence-corrected chi connectivity index (χ3v) is 3.10. The predicted molar refractivity (Wildman–Crippen MR) is 73.4 cm³/mol. The SMILES string of the molecule is CCOc1cccc2c1OCCCC2NC(C)C. The maximum absolute atomic E-state index is 5.88. The number of hydrogen-bond donors (Lipinski definition) is 1. The van der Waals surface area contributed by atoms with Gasteiger partial charge in [-0.15, -0.1) is 0 Å². The first kappa shape index (κ1) is 13.2. The van der Waals surface area contributed by atoms with Crippen molar-refractivity contribution in [3.63, 3.8) is 0 Å². The van der Waals surface area contributed by atoms with Gasteiger partial charge < -0.3 is 14.8 Å². The number of ether oxygens (including phenoxy) is 2. The fraction of sp³-hybridized carbons (Fsp3) is 0.600. The monoisotopic (exact) mass is 249 g/mol. The molecule has 18 heavy (non-hydrogen) atoms. The van der Waals surface area contributed by atoms with Crippen LogP contribution in [0.1, 0.15) is 45.2 Å². The Labute approximate surface area is 109 Å². The summed E-state index contributed by atoms with van der Waals surface area (Å²) >= 11 is 0. The quantitative estimate of drug-likeness (QED) is 0.888. The van der Waals surface area contributed by atoms with Crippen molar-refractivity contribution in [2.45, 2.75) is 45.7 Å². The molecule has 0 saturated carbocycles. The lowest BCUT2D eigenvalue weighted by atomic mass is 10.0. The van der Waals surface area contributed by atoms with Gasteiger partial charge in [-0.2, -0.15) is 0 Å². The van der Waals surface area contributed by atoms with Crippen molar-refractivity contribution >= 4 is 0 Å². The van der Waals surface area contributed by atoms with E-state index in [9.17, 15) is 0 Å². The van der Waals surface area contributed by atoms with Gasteiger partial charge in [-0.05, 0) is 25.8 Å². The zero-order chi connectivity index (χ0) is 13.0. The summed E-state index contributed by atoms with van der Waals surface area (Å²) in [5, 5.41) is 3.61. The Kier molecular flexibility index (Phi) is 4.48. The lowest BCUT2D eigenvalue weighted by Crippen LogP contribution is -2.27. The summed E-state index contributed by atoms with van der Waals surface area (Å²) < 4.78 is 11.5. The van der Waals surface area contributed by atoms with E-state index in [2.05, 4.69) is 25.2 Å². The lowest BCUT2D eigenvalue weighted by Gasteiger charge is -2.22. The second kappa shape index (κ2) is 6.10. The van der Waals surface area contributed by atoms with Crippen LogP contribution in [0.25, 0.3) is 0 Å². The Morgan fingerprint density at radius 3 is 3.00 bits per heavy atom. The number of rotatable bonds is 4. The van der Waals surface area contributed by atoms with Gasteiger partial charge in [-0.25, -0.2) is 0 Å². The number of hydrogen-bond acceptors (Lipinski definition) is 3. The van der Waals surface area contributed by atoms with Gasteiger partial charge in [0.05, 0.1) is 13.2 Å². The summed E-state index contributed by atoms with van der Waals surface area (Å²) in [6.45, 7) is 7.80. The fourth-order valence-corrected chi connectivity index (χ4v) is 2.42. The van der Waals surface area contributed by atoms with Gasteiger partial charge in [-0.3, -0.25) is 0 Å². The van der Waals surface area contributed by atoms with Crippen LogP contribution in [-0.2, 0) is 0 Å². The van der Waals surface area contributed by atoms with Crippen molar-refractivity contribution < 1.29 is 9.47 Å². The third-order valence-electron chi connectivity index (χ3n) is 3.10. The normalized spacial score (nSPS) is 19.0. The minimum Gasteiger partial charge on any atom is -0.490 e. The van der Waals surface area contributed by atoms with Crippen molar-refractivity contribution in [3.8, 4) is 11.5 Å². The van der Waals surface area contributed by atoms with Gasteiger partial charge in [0.15, 0.2) is 11.5 Å². The molecule has 100 valence electrons. The van der Waals surface area contributed by atoms with Crippen molar-refractivity contribution in [2.24, 2.45) is 0 Å². The third kappa shape index (κ3) is 2.96. The van der Waals surface area contributed by atoms with E-state index in [0.29, 0.717) is 18.7 Å². The maximum Gasteiger partial charge on any atom is 0.165 e. The fourth-order valence-electron chi connectivity index (χ4n) is 2.42. The molecule has 1 aromatic rings.